The highest BCUT2D eigenvalue weighted by atomic mass is 16.6. The Balaban J connectivity index is 0.000000589. The fourth-order valence-electron chi connectivity index (χ4n) is 3.21. The average Bonchev–Trinajstić information content (AvgIpc) is 2.93. The quantitative estimate of drug-likeness (QED) is 0.494. The molecule has 0 fully saturated rings. The summed E-state index contributed by atoms with van der Waals surface area (Å²) in [6.45, 7) is 4.84. The summed E-state index contributed by atoms with van der Waals surface area (Å²) in [7, 11) is 0. The first-order valence-corrected chi connectivity index (χ1v) is 9.06. The maximum absolute atomic E-state index is 11.3. The molecule has 154 valence electrons. The molecule has 0 bridgehead atoms. The molecule has 0 spiro atoms. The van der Waals surface area contributed by atoms with Crippen LogP contribution in [0.2, 0.25) is 0 Å². The molecule has 4 rings (SSSR count). The fraction of sp³-hybridized carbons (Fsp3) is 0.190. The Labute approximate surface area is 172 Å². The van der Waals surface area contributed by atoms with Gasteiger partial charge in [0.1, 0.15) is 0 Å². The van der Waals surface area contributed by atoms with Gasteiger partial charge in [-0.2, -0.15) is 0 Å². The molecule has 0 aliphatic carbocycles. The molecule has 9 heteroatoms. The number of hydrogen-bond donors (Lipinski definition) is 2. The van der Waals surface area contributed by atoms with Crippen molar-refractivity contribution >= 4 is 17.4 Å². The lowest BCUT2D eigenvalue weighted by Crippen LogP contribution is -2.09. The minimum atomic E-state index is -1.16. The Morgan fingerprint density at radius 3 is 2.40 bits per heavy atom. The lowest BCUT2D eigenvalue weighted by Gasteiger charge is -2.13. The second-order valence-electron chi connectivity index (χ2n) is 6.67. The number of aromatic nitrogens is 2. The van der Waals surface area contributed by atoms with E-state index < -0.39 is 17.1 Å². The molecule has 2 N–H and O–H groups in total. The van der Waals surface area contributed by atoms with Crippen molar-refractivity contribution in [1.82, 2.24) is 9.55 Å². The number of non-ortho nitro benzene ring substituents is 1. The van der Waals surface area contributed by atoms with Gasteiger partial charge in [-0.1, -0.05) is 30.3 Å². The lowest BCUT2D eigenvalue weighted by atomic mass is 9.99. The predicted molar refractivity (Wildman–Crippen MR) is 110 cm³/mol. The predicted octanol–water partition coefficient (Wildman–Crippen LogP) is 3.33. The number of aliphatic carboxylic acids is 1. The first kappa shape index (κ1) is 20.9. The van der Waals surface area contributed by atoms with Crippen molar-refractivity contribution < 1.29 is 19.9 Å². The number of aliphatic hydroxyl groups is 1. The second-order valence-corrected chi connectivity index (χ2v) is 6.67. The SMILES string of the molecule is CC(=O)O.Cc1nc2n(c1C)-c1ccc([N+](=O)[O-])cc1C(c1ccccc1)=NC2O. The number of carboxylic acids is 1. The van der Waals surface area contributed by atoms with E-state index in [0.29, 0.717) is 22.8 Å². The van der Waals surface area contributed by atoms with E-state index in [2.05, 4.69) is 9.98 Å². The number of nitro benzene ring substituents is 1. The number of nitro groups is 1. The number of nitrogens with zero attached hydrogens (tertiary/aromatic N) is 4. The number of hydrogen-bond acceptors (Lipinski definition) is 6. The molecular formula is C21H20N4O5. The highest BCUT2D eigenvalue weighted by molar-refractivity contribution is 6.15. The molecule has 1 aromatic heterocycles. The summed E-state index contributed by atoms with van der Waals surface area (Å²) in [6, 6.07) is 14.0. The van der Waals surface area contributed by atoms with E-state index in [0.717, 1.165) is 23.9 Å². The number of rotatable bonds is 2. The summed E-state index contributed by atoms with van der Waals surface area (Å²) >= 11 is 0. The van der Waals surface area contributed by atoms with Gasteiger partial charge >= 0.3 is 0 Å². The number of carboxylic acid groups (broad SMARTS) is 1. The van der Waals surface area contributed by atoms with Gasteiger partial charge in [-0.3, -0.25) is 19.5 Å². The number of fused-ring (bicyclic) bond motifs is 3. The molecule has 1 aliphatic heterocycles. The van der Waals surface area contributed by atoms with E-state index in [1.807, 2.05) is 48.7 Å². The minimum absolute atomic E-state index is 0.0280. The van der Waals surface area contributed by atoms with Gasteiger partial charge in [-0.05, 0) is 19.9 Å². The number of benzene rings is 2. The van der Waals surface area contributed by atoms with Crippen molar-refractivity contribution in [3.05, 3.63) is 87.0 Å². The summed E-state index contributed by atoms with van der Waals surface area (Å²) < 4.78 is 1.82. The van der Waals surface area contributed by atoms with E-state index in [1.165, 1.54) is 12.1 Å². The van der Waals surface area contributed by atoms with E-state index >= 15 is 0 Å². The number of aryl methyl sites for hydroxylation is 1. The summed E-state index contributed by atoms with van der Waals surface area (Å²) in [5.74, 6) is -0.430. The molecule has 0 amide bonds. The molecule has 1 aliphatic rings. The Kier molecular flexibility index (Phi) is 5.74. The van der Waals surface area contributed by atoms with Crippen molar-refractivity contribution in [3.8, 4) is 5.69 Å². The van der Waals surface area contributed by atoms with Crippen molar-refractivity contribution in [2.24, 2.45) is 4.99 Å². The molecule has 0 radical (unpaired) electrons. The third-order valence-electron chi connectivity index (χ3n) is 4.59. The van der Waals surface area contributed by atoms with Gasteiger partial charge in [0.25, 0.3) is 11.7 Å². The smallest absolute Gasteiger partial charge is 0.300 e. The van der Waals surface area contributed by atoms with Crippen molar-refractivity contribution in [3.63, 3.8) is 0 Å². The zero-order chi connectivity index (χ0) is 22.0. The van der Waals surface area contributed by atoms with Crippen LogP contribution in [-0.2, 0) is 4.79 Å². The highest BCUT2D eigenvalue weighted by Gasteiger charge is 2.28. The molecule has 2 heterocycles. The molecule has 1 atom stereocenters. The van der Waals surface area contributed by atoms with Crippen LogP contribution in [0.3, 0.4) is 0 Å². The molecule has 2 aromatic carbocycles. The number of aliphatic hydroxyl groups excluding tert-OH is 1. The summed E-state index contributed by atoms with van der Waals surface area (Å²) in [4.78, 5) is 28.8. The third-order valence-corrected chi connectivity index (χ3v) is 4.59. The standard InChI is InChI=1S/C19H16N4O3.C2H4O2/c1-11-12(2)22-16-9-8-14(23(25)26)10-15(16)17(13-6-4-3-5-7-13)21-19(24)18(22)20-11;1-2(3)4/h3-10,19,24H,1-2H3;1H3,(H,3,4). The number of carbonyl (C=O) groups is 1. The largest absolute Gasteiger partial charge is 0.481 e. The highest BCUT2D eigenvalue weighted by Crippen LogP contribution is 2.33. The molecule has 1 unspecified atom stereocenters. The van der Waals surface area contributed by atoms with Crippen molar-refractivity contribution in [1.29, 1.82) is 0 Å². The van der Waals surface area contributed by atoms with Gasteiger partial charge in [-0.25, -0.2) is 9.98 Å². The molecule has 0 saturated heterocycles. The maximum atomic E-state index is 11.3. The Morgan fingerprint density at radius 2 is 1.80 bits per heavy atom. The van der Waals surface area contributed by atoms with Crippen molar-refractivity contribution in [2.45, 2.75) is 27.0 Å². The van der Waals surface area contributed by atoms with Crippen LogP contribution in [-0.4, -0.2) is 36.4 Å². The monoisotopic (exact) mass is 408 g/mol. The van der Waals surface area contributed by atoms with Crippen LogP contribution in [0.1, 0.15) is 41.5 Å². The Morgan fingerprint density at radius 1 is 1.17 bits per heavy atom. The van der Waals surface area contributed by atoms with E-state index in [1.54, 1.807) is 6.07 Å². The second kappa shape index (κ2) is 8.26. The van der Waals surface area contributed by atoms with Crippen LogP contribution < -0.4 is 0 Å². The Bertz CT molecular complexity index is 1150. The lowest BCUT2D eigenvalue weighted by molar-refractivity contribution is -0.384. The fourth-order valence-corrected chi connectivity index (χ4v) is 3.21. The van der Waals surface area contributed by atoms with E-state index in [9.17, 15) is 15.2 Å². The molecule has 9 nitrogen and oxygen atoms in total. The van der Waals surface area contributed by atoms with E-state index in [-0.39, 0.29) is 5.69 Å². The first-order chi connectivity index (χ1) is 14.2. The van der Waals surface area contributed by atoms with Crippen LogP contribution in [0.4, 0.5) is 5.69 Å². The molecular weight excluding hydrogens is 388 g/mol. The van der Waals surface area contributed by atoms with Crippen LogP contribution in [0.25, 0.3) is 5.69 Å². The number of imidazole rings is 1. The van der Waals surface area contributed by atoms with Gasteiger partial charge in [0.15, 0.2) is 5.82 Å². The topological polar surface area (TPSA) is 131 Å². The maximum Gasteiger partial charge on any atom is 0.300 e. The van der Waals surface area contributed by atoms with Crippen molar-refractivity contribution in [2.75, 3.05) is 0 Å². The third kappa shape index (κ3) is 3.96. The zero-order valence-corrected chi connectivity index (χ0v) is 16.6. The summed E-state index contributed by atoms with van der Waals surface area (Å²) in [6.07, 6.45) is -1.16. The minimum Gasteiger partial charge on any atom is -0.481 e. The van der Waals surface area contributed by atoms with Gasteiger partial charge in [0.2, 0.25) is 6.23 Å². The van der Waals surface area contributed by atoms with Gasteiger partial charge in [0.05, 0.1) is 22.0 Å². The van der Waals surface area contributed by atoms with Crippen LogP contribution in [0, 0.1) is 24.0 Å². The first-order valence-electron chi connectivity index (χ1n) is 9.06. The van der Waals surface area contributed by atoms with Crippen LogP contribution in [0.15, 0.2) is 53.5 Å². The molecule has 3 aromatic rings. The Hall–Kier alpha value is -3.85. The van der Waals surface area contributed by atoms with Gasteiger partial charge in [-0.15, -0.1) is 0 Å². The molecule has 30 heavy (non-hydrogen) atoms. The average molecular weight is 408 g/mol. The normalized spacial score (nSPS) is 14.4. The van der Waals surface area contributed by atoms with Crippen LogP contribution >= 0.6 is 0 Å². The van der Waals surface area contributed by atoms with Gasteiger partial charge in [0, 0.05) is 35.9 Å². The van der Waals surface area contributed by atoms with Gasteiger partial charge < -0.3 is 10.2 Å². The van der Waals surface area contributed by atoms with Crippen LogP contribution in [0.5, 0.6) is 0 Å². The molecule has 0 saturated carbocycles. The zero-order valence-electron chi connectivity index (χ0n) is 16.6. The number of aliphatic imine (C=N–C) groups is 1. The summed E-state index contributed by atoms with van der Waals surface area (Å²) in [5.41, 5.74) is 4.18. The van der Waals surface area contributed by atoms with E-state index in [4.69, 9.17) is 9.90 Å². The summed E-state index contributed by atoms with van der Waals surface area (Å²) in [5, 5.41) is 29.4.